The number of carbonyl (C=O) groups is 2. The molecule has 0 aliphatic carbocycles. The van der Waals surface area contributed by atoms with E-state index in [1.165, 1.54) is 7.11 Å². The molecule has 1 heterocycles. The average Bonchev–Trinajstić information content (AvgIpc) is 2.77. The fourth-order valence-electron chi connectivity index (χ4n) is 1.56. The fourth-order valence-corrected chi connectivity index (χ4v) is 1.56. The molecule has 1 unspecified atom stereocenters. The second kappa shape index (κ2) is 7.46. The zero-order chi connectivity index (χ0) is 11.3. The number of carbonyl (C=O) groups excluding carboxylic acids is 2. The summed E-state index contributed by atoms with van der Waals surface area (Å²) in [4.78, 5) is 22.6. The van der Waals surface area contributed by atoms with Crippen molar-refractivity contribution >= 4 is 24.3 Å². The molecule has 0 bridgehead atoms. The lowest BCUT2D eigenvalue weighted by Gasteiger charge is -2.13. The summed E-state index contributed by atoms with van der Waals surface area (Å²) in [6, 6.07) is 0. The summed E-state index contributed by atoms with van der Waals surface area (Å²) in [5.41, 5.74) is 0. The smallest absolute Gasteiger partial charge is 0.310 e. The van der Waals surface area contributed by atoms with E-state index >= 15 is 0 Å². The van der Waals surface area contributed by atoms with Gasteiger partial charge in [-0.1, -0.05) is 6.92 Å². The van der Waals surface area contributed by atoms with Crippen LogP contribution in [0, 0.1) is 11.8 Å². The van der Waals surface area contributed by atoms with Crippen LogP contribution in [0.4, 0.5) is 0 Å². The van der Waals surface area contributed by atoms with E-state index in [-0.39, 0.29) is 36.1 Å². The van der Waals surface area contributed by atoms with E-state index in [0.29, 0.717) is 6.54 Å². The third kappa shape index (κ3) is 4.37. The van der Waals surface area contributed by atoms with Crippen molar-refractivity contribution < 1.29 is 14.3 Å². The lowest BCUT2D eigenvalue weighted by molar-refractivity contribution is -0.144. The van der Waals surface area contributed by atoms with Gasteiger partial charge >= 0.3 is 5.97 Å². The monoisotopic (exact) mass is 250 g/mol. The van der Waals surface area contributed by atoms with Gasteiger partial charge in [-0.15, -0.1) is 12.4 Å². The van der Waals surface area contributed by atoms with Gasteiger partial charge in [-0.2, -0.15) is 0 Å². The highest BCUT2D eigenvalue weighted by Crippen LogP contribution is 2.07. The van der Waals surface area contributed by atoms with Gasteiger partial charge in [0, 0.05) is 13.1 Å². The Morgan fingerprint density at radius 1 is 1.56 bits per heavy atom. The Hall–Kier alpha value is -0.810. The number of rotatable bonds is 4. The van der Waals surface area contributed by atoms with Gasteiger partial charge in [0.05, 0.1) is 18.9 Å². The average molecular weight is 251 g/mol. The predicted octanol–water partition coefficient (Wildman–Crippen LogP) is -0.0570. The predicted molar refractivity (Wildman–Crippen MR) is 62.4 cm³/mol. The topological polar surface area (TPSA) is 67.4 Å². The molecule has 1 amide bonds. The molecule has 1 aliphatic rings. The van der Waals surface area contributed by atoms with Crippen molar-refractivity contribution in [3.8, 4) is 0 Å². The Bertz CT molecular complexity index is 242. The maximum Gasteiger partial charge on any atom is 0.310 e. The number of amides is 1. The van der Waals surface area contributed by atoms with Crippen molar-refractivity contribution in [3.05, 3.63) is 0 Å². The maximum atomic E-state index is 11.6. The van der Waals surface area contributed by atoms with Crippen molar-refractivity contribution in [3.63, 3.8) is 0 Å². The molecule has 0 saturated carbocycles. The Balaban J connectivity index is 0.00000225. The molecule has 0 aromatic rings. The molecule has 0 spiro atoms. The van der Waals surface area contributed by atoms with Gasteiger partial charge in [-0.25, -0.2) is 0 Å². The third-order valence-electron chi connectivity index (χ3n) is 2.62. The Labute approximate surface area is 102 Å². The largest absolute Gasteiger partial charge is 0.469 e. The Kier molecular flexibility index (Phi) is 7.08. The Morgan fingerprint density at radius 3 is 2.75 bits per heavy atom. The number of halogens is 1. The molecule has 1 aliphatic heterocycles. The number of nitrogens with one attached hydrogen (secondary N) is 2. The lowest BCUT2D eigenvalue weighted by Crippen LogP contribution is -2.36. The first-order chi connectivity index (χ1) is 7.15. The molecule has 1 fully saturated rings. The summed E-state index contributed by atoms with van der Waals surface area (Å²) in [6.45, 7) is 3.71. The SMILES string of the molecule is COC(=O)C(C)CNC(=O)[C@H]1CCNC1.Cl. The summed E-state index contributed by atoms with van der Waals surface area (Å²) < 4.78 is 4.57. The van der Waals surface area contributed by atoms with E-state index in [0.717, 1.165) is 19.5 Å². The van der Waals surface area contributed by atoms with Crippen LogP contribution >= 0.6 is 12.4 Å². The van der Waals surface area contributed by atoms with Crippen molar-refractivity contribution in [2.45, 2.75) is 13.3 Å². The van der Waals surface area contributed by atoms with Gasteiger partial charge in [-0.05, 0) is 13.0 Å². The van der Waals surface area contributed by atoms with Crippen LogP contribution < -0.4 is 10.6 Å². The van der Waals surface area contributed by atoms with E-state index in [9.17, 15) is 9.59 Å². The minimum Gasteiger partial charge on any atom is -0.469 e. The van der Waals surface area contributed by atoms with E-state index in [2.05, 4.69) is 15.4 Å². The summed E-state index contributed by atoms with van der Waals surface area (Å²) in [7, 11) is 1.35. The summed E-state index contributed by atoms with van der Waals surface area (Å²) >= 11 is 0. The number of hydrogen-bond acceptors (Lipinski definition) is 4. The minimum atomic E-state index is -0.292. The number of esters is 1. The molecule has 2 atom stereocenters. The second-order valence-electron chi connectivity index (χ2n) is 3.86. The molecule has 6 heteroatoms. The number of hydrogen-bond donors (Lipinski definition) is 2. The second-order valence-corrected chi connectivity index (χ2v) is 3.86. The van der Waals surface area contributed by atoms with E-state index in [4.69, 9.17) is 0 Å². The molecular formula is C10H19ClN2O3. The van der Waals surface area contributed by atoms with Gasteiger partial charge < -0.3 is 15.4 Å². The van der Waals surface area contributed by atoms with Crippen LogP contribution in [-0.2, 0) is 14.3 Å². The molecule has 94 valence electrons. The van der Waals surface area contributed by atoms with Gasteiger partial charge in [-0.3, -0.25) is 9.59 Å². The molecule has 5 nitrogen and oxygen atoms in total. The van der Waals surface area contributed by atoms with E-state index < -0.39 is 0 Å². The van der Waals surface area contributed by atoms with Crippen LogP contribution in [-0.4, -0.2) is 38.6 Å². The summed E-state index contributed by atoms with van der Waals surface area (Å²) in [6.07, 6.45) is 0.873. The van der Waals surface area contributed by atoms with Gasteiger partial charge in [0.25, 0.3) is 0 Å². The van der Waals surface area contributed by atoms with E-state index in [1.807, 2.05) is 0 Å². The van der Waals surface area contributed by atoms with Crippen LogP contribution in [0.5, 0.6) is 0 Å². The van der Waals surface area contributed by atoms with Crippen molar-refractivity contribution in [1.29, 1.82) is 0 Å². The van der Waals surface area contributed by atoms with Crippen molar-refractivity contribution in [1.82, 2.24) is 10.6 Å². The zero-order valence-electron chi connectivity index (χ0n) is 9.62. The highest BCUT2D eigenvalue weighted by atomic mass is 35.5. The molecule has 0 aromatic carbocycles. The van der Waals surface area contributed by atoms with Crippen molar-refractivity contribution in [2.75, 3.05) is 26.7 Å². The van der Waals surface area contributed by atoms with E-state index in [1.54, 1.807) is 6.92 Å². The van der Waals surface area contributed by atoms with Gasteiger partial charge in [0.1, 0.15) is 0 Å². The molecule has 0 radical (unpaired) electrons. The first-order valence-corrected chi connectivity index (χ1v) is 5.21. The first-order valence-electron chi connectivity index (χ1n) is 5.21. The van der Waals surface area contributed by atoms with Crippen LogP contribution in [0.2, 0.25) is 0 Å². The fraction of sp³-hybridized carbons (Fsp3) is 0.800. The summed E-state index contributed by atoms with van der Waals surface area (Å²) in [5.74, 6) is -0.501. The normalized spacial score (nSPS) is 20.8. The highest BCUT2D eigenvalue weighted by molar-refractivity contribution is 5.85. The van der Waals surface area contributed by atoms with Crippen LogP contribution in [0.3, 0.4) is 0 Å². The van der Waals surface area contributed by atoms with Gasteiger partial charge in [0.2, 0.25) is 5.91 Å². The molecule has 1 saturated heterocycles. The molecule has 1 rings (SSSR count). The summed E-state index contributed by atoms with van der Waals surface area (Å²) in [5, 5.41) is 5.88. The van der Waals surface area contributed by atoms with Gasteiger partial charge in [0.15, 0.2) is 0 Å². The minimum absolute atomic E-state index is 0. The lowest BCUT2D eigenvalue weighted by atomic mass is 10.1. The third-order valence-corrected chi connectivity index (χ3v) is 2.62. The van der Waals surface area contributed by atoms with Crippen LogP contribution in [0.15, 0.2) is 0 Å². The molecule has 2 N–H and O–H groups in total. The quantitative estimate of drug-likeness (QED) is 0.687. The van der Waals surface area contributed by atoms with Crippen LogP contribution in [0.25, 0.3) is 0 Å². The van der Waals surface area contributed by atoms with Crippen molar-refractivity contribution in [2.24, 2.45) is 11.8 Å². The maximum absolute atomic E-state index is 11.6. The molecular weight excluding hydrogens is 232 g/mol. The molecule has 16 heavy (non-hydrogen) atoms. The first kappa shape index (κ1) is 15.2. The number of ether oxygens (including phenoxy) is 1. The highest BCUT2D eigenvalue weighted by Gasteiger charge is 2.23. The standard InChI is InChI=1S/C10H18N2O3.ClH/c1-7(10(14)15-2)5-12-9(13)8-3-4-11-6-8;/h7-8,11H,3-6H2,1-2H3,(H,12,13);1H/t7?,8-;/m0./s1. The molecule has 0 aromatic heterocycles. The zero-order valence-corrected chi connectivity index (χ0v) is 10.4. The Morgan fingerprint density at radius 2 is 2.25 bits per heavy atom. The van der Waals surface area contributed by atoms with Crippen LogP contribution in [0.1, 0.15) is 13.3 Å². The number of methoxy groups -OCH3 is 1.